The van der Waals surface area contributed by atoms with E-state index in [-0.39, 0.29) is 0 Å². The van der Waals surface area contributed by atoms with Gasteiger partial charge in [0.1, 0.15) is 5.58 Å². The summed E-state index contributed by atoms with van der Waals surface area (Å²) in [4.78, 5) is 11.0. The molecular weight excluding hydrogens is 759 g/mol. The summed E-state index contributed by atoms with van der Waals surface area (Å²) in [7, 11) is 0. The molecule has 0 amide bonds. The van der Waals surface area contributed by atoms with E-state index in [1.54, 1.807) is 0 Å². The molecule has 6 heterocycles. The molecular formula is C56H31N5O. The zero-order chi connectivity index (χ0) is 40.2. The van der Waals surface area contributed by atoms with Crippen molar-refractivity contribution in [3.05, 3.63) is 188 Å². The molecule has 6 aromatic heterocycles. The van der Waals surface area contributed by atoms with Gasteiger partial charge in [0.05, 0.1) is 49.7 Å². The molecule has 0 fully saturated rings. The van der Waals surface area contributed by atoms with Gasteiger partial charge in [-0.25, -0.2) is 4.98 Å². The van der Waals surface area contributed by atoms with Crippen molar-refractivity contribution in [3.8, 4) is 22.9 Å². The molecule has 0 bridgehead atoms. The molecule has 0 spiro atoms. The second-order valence-corrected chi connectivity index (χ2v) is 16.5. The topological polar surface area (TPSA) is 53.2 Å². The van der Waals surface area contributed by atoms with Crippen LogP contribution in [0.1, 0.15) is 0 Å². The van der Waals surface area contributed by atoms with Crippen LogP contribution in [0.3, 0.4) is 0 Å². The van der Waals surface area contributed by atoms with Crippen molar-refractivity contribution >= 4 is 115 Å². The van der Waals surface area contributed by atoms with E-state index in [0.717, 1.165) is 60.8 Å². The Bertz CT molecular complexity index is 4390. The normalized spacial score (nSPS) is 12.5. The maximum atomic E-state index is 6.70. The number of benzene rings is 9. The summed E-state index contributed by atoms with van der Waals surface area (Å²) in [5, 5.41) is 14.0. The number of fused-ring (bicyclic) bond motifs is 18. The van der Waals surface area contributed by atoms with E-state index in [1.165, 1.54) is 65.0 Å². The smallest absolute Gasteiger partial charge is 0.238 e. The fourth-order valence-corrected chi connectivity index (χ4v) is 10.9. The van der Waals surface area contributed by atoms with Crippen LogP contribution in [0.4, 0.5) is 0 Å². The average Bonchev–Trinajstić information content (AvgIpc) is 4.13. The highest BCUT2D eigenvalue weighted by Crippen LogP contribution is 2.48. The molecule has 0 saturated carbocycles. The molecule has 0 N–H and O–H groups in total. The Labute approximate surface area is 352 Å². The first-order chi connectivity index (χ1) is 30.8. The van der Waals surface area contributed by atoms with Crippen molar-refractivity contribution in [2.24, 2.45) is 0 Å². The summed E-state index contributed by atoms with van der Waals surface area (Å²) in [5.74, 6) is 0.563. The molecule has 6 nitrogen and oxygen atoms in total. The highest BCUT2D eigenvalue weighted by molar-refractivity contribution is 6.39. The molecule has 0 saturated heterocycles. The Hall–Kier alpha value is -8.48. The van der Waals surface area contributed by atoms with Gasteiger partial charge in [-0.2, -0.15) is 4.98 Å². The molecule has 0 aliphatic heterocycles. The third-order valence-electron chi connectivity index (χ3n) is 13.4. The third-order valence-corrected chi connectivity index (χ3v) is 13.4. The van der Waals surface area contributed by atoms with Crippen LogP contribution >= 0.6 is 0 Å². The maximum absolute atomic E-state index is 6.70. The van der Waals surface area contributed by atoms with Gasteiger partial charge in [-0.1, -0.05) is 133 Å². The fourth-order valence-electron chi connectivity index (χ4n) is 10.9. The van der Waals surface area contributed by atoms with Gasteiger partial charge in [0.15, 0.2) is 0 Å². The summed E-state index contributed by atoms with van der Waals surface area (Å²) in [5.41, 5.74) is 12.3. The number of nitrogens with zero attached hydrogens (tertiary/aromatic N) is 5. The van der Waals surface area contributed by atoms with Crippen LogP contribution in [0.15, 0.2) is 192 Å². The van der Waals surface area contributed by atoms with Gasteiger partial charge in [-0.3, -0.25) is 4.57 Å². The van der Waals surface area contributed by atoms with Crippen LogP contribution in [0.2, 0.25) is 0 Å². The van der Waals surface area contributed by atoms with Gasteiger partial charge in [-0.05, 0) is 65.4 Å². The second kappa shape index (κ2) is 11.6. The van der Waals surface area contributed by atoms with Gasteiger partial charge in [0.2, 0.25) is 11.7 Å². The van der Waals surface area contributed by atoms with Crippen molar-refractivity contribution < 1.29 is 4.42 Å². The summed E-state index contributed by atoms with van der Waals surface area (Å²) in [6.07, 6.45) is 0. The Morgan fingerprint density at radius 2 is 1.02 bits per heavy atom. The first kappa shape index (κ1) is 32.4. The van der Waals surface area contributed by atoms with Crippen LogP contribution in [0.5, 0.6) is 0 Å². The van der Waals surface area contributed by atoms with E-state index < -0.39 is 0 Å². The summed E-state index contributed by atoms with van der Waals surface area (Å²) < 4.78 is 13.8. The summed E-state index contributed by atoms with van der Waals surface area (Å²) in [6.45, 7) is 0. The predicted octanol–water partition coefficient (Wildman–Crippen LogP) is 14.5. The van der Waals surface area contributed by atoms with Crippen LogP contribution < -0.4 is 0 Å². The van der Waals surface area contributed by atoms with E-state index in [2.05, 4.69) is 189 Å². The van der Waals surface area contributed by atoms with Crippen LogP contribution in [0, 0.1) is 0 Å². The molecule has 0 unspecified atom stereocenters. The molecule has 0 radical (unpaired) electrons. The van der Waals surface area contributed by atoms with Gasteiger partial charge in [-0.15, -0.1) is 0 Å². The number of furan rings is 1. The number of aromatic nitrogens is 5. The van der Waals surface area contributed by atoms with Crippen molar-refractivity contribution in [2.45, 2.75) is 0 Å². The Morgan fingerprint density at radius 3 is 1.85 bits per heavy atom. The first-order valence-electron chi connectivity index (χ1n) is 21.1. The molecule has 15 rings (SSSR count). The van der Waals surface area contributed by atoms with E-state index in [4.69, 9.17) is 14.4 Å². The maximum Gasteiger partial charge on any atom is 0.238 e. The van der Waals surface area contributed by atoms with Gasteiger partial charge in [0, 0.05) is 59.7 Å². The molecule has 6 heteroatoms. The lowest BCUT2D eigenvalue weighted by atomic mass is 9.98. The Morgan fingerprint density at radius 1 is 0.371 bits per heavy atom. The lowest BCUT2D eigenvalue weighted by Gasteiger charge is -2.11. The number of hydrogen-bond donors (Lipinski definition) is 0. The Balaban J connectivity index is 1.10. The zero-order valence-electron chi connectivity index (χ0n) is 33.0. The second-order valence-electron chi connectivity index (χ2n) is 16.5. The Kier molecular flexibility index (Phi) is 6.07. The van der Waals surface area contributed by atoms with Crippen LogP contribution in [-0.4, -0.2) is 23.5 Å². The lowest BCUT2D eigenvalue weighted by Crippen LogP contribution is -2.03. The van der Waals surface area contributed by atoms with Crippen molar-refractivity contribution in [3.63, 3.8) is 0 Å². The van der Waals surface area contributed by atoms with E-state index in [1.807, 2.05) is 12.1 Å². The minimum atomic E-state index is 0.555. The molecule has 0 aliphatic rings. The molecule has 9 aromatic carbocycles. The van der Waals surface area contributed by atoms with E-state index in [0.29, 0.717) is 11.7 Å². The summed E-state index contributed by atoms with van der Waals surface area (Å²) >= 11 is 0. The third kappa shape index (κ3) is 4.04. The zero-order valence-corrected chi connectivity index (χ0v) is 33.0. The minimum absolute atomic E-state index is 0.555. The number of para-hydroxylation sites is 5. The van der Waals surface area contributed by atoms with Gasteiger partial charge >= 0.3 is 0 Å². The van der Waals surface area contributed by atoms with Crippen molar-refractivity contribution in [1.82, 2.24) is 23.5 Å². The SMILES string of the molecule is c1ccc(-n2c3ccccc3c3ccc(-c4nc(-n5c6ccccc6c6c7c8c9ccccc9ccc8n8c9ccccc9c(cc65)c78)nc5oc6ccccc6c45)cc32)cc1. The van der Waals surface area contributed by atoms with Crippen molar-refractivity contribution in [1.29, 1.82) is 0 Å². The number of rotatable bonds is 3. The van der Waals surface area contributed by atoms with Crippen molar-refractivity contribution in [2.75, 3.05) is 0 Å². The monoisotopic (exact) mass is 789 g/mol. The highest BCUT2D eigenvalue weighted by Gasteiger charge is 2.27. The molecule has 0 aliphatic carbocycles. The molecule has 0 atom stereocenters. The quantitative estimate of drug-likeness (QED) is 0.179. The molecule has 286 valence electrons. The molecule has 62 heavy (non-hydrogen) atoms. The standard InChI is InChI=1S/C56H31N5O/c1-2-15-34(16-3-1)59-42-22-10-6-18-36(42)38-28-26-33(30-46(38)59)53-51-40-21-9-13-25-48(40)62-55(51)58-56(57-53)61-44-24-12-8-20-39(44)50-47(61)31-41-37-19-7-11-23-43(37)60-45-29-27-32-14-4-5-17-35(32)49(45)52(50)54(41)60/h1-31H. The first-order valence-corrected chi connectivity index (χ1v) is 21.1. The van der Waals surface area contributed by atoms with Gasteiger partial charge < -0.3 is 13.4 Å². The average molecular weight is 790 g/mol. The van der Waals surface area contributed by atoms with Gasteiger partial charge in [0.25, 0.3) is 0 Å². The molecule has 15 aromatic rings. The highest BCUT2D eigenvalue weighted by atomic mass is 16.3. The number of hydrogen-bond acceptors (Lipinski definition) is 3. The minimum Gasteiger partial charge on any atom is -0.437 e. The predicted molar refractivity (Wildman–Crippen MR) is 256 cm³/mol. The largest absolute Gasteiger partial charge is 0.437 e. The lowest BCUT2D eigenvalue weighted by molar-refractivity contribution is 0.651. The van der Waals surface area contributed by atoms with E-state index >= 15 is 0 Å². The summed E-state index contributed by atoms with van der Waals surface area (Å²) in [6, 6.07) is 67.4. The van der Waals surface area contributed by atoms with Crippen LogP contribution in [-0.2, 0) is 0 Å². The fraction of sp³-hybridized carbons (Fsp3) is 0. The van der Waals surface area contributed by atoms with E-state index in [9.17, 15) is 0 Å². The van der Waals surface area contributed by atoms with Crippen LogP contribution in [0.25, 0.3) is 137 Å².